The molecule has 2 heterocycles. The molecule has 13 heteroatoms. The predicted molar refractivity (Wildman–Crippen MR) is 136 cm³/mol. The minimum Gasteiger partial charge on any atom is -0.495 e. The molecule has 2 aromatic heterocycles. The number of pyridine rings is 1. The number of nitrogens with one attached hydrogen (secondary N) is 1. The van der Waals surface area contributed by atoms with Gasteiger partial charge in [0.05, 0.1) is 34.5 Å². The molecule has 0 spiro atoms. The van der Waals surface area contributed by atoms with Gasteiger partial charge in [-0.15, -0.1) is 16.7 Å². The smallest absolute Gasteiger partial charge is 0.391 e. The average Bonchev–Trinajstić information content (AvgIpc) is 2.83. The number of allylic oxidation sites excluding steroid dienone is 3. The van der Waals surface area contributed by atoms with Crippen LogP contribution in [0.1, 0.15) is 19.3 Å². The van der Waals surface area contributed by atoms with E-state index in [0.29, 0.717) is 27.9 Å². The van der Waals surface area contributed by atoms with Crippen LogP contribution in [-0.4, -0.2) is 41.8 Å². The van der Waals surface area contributed by atoms with Crippen LogP contribution in [0.3, 0.4) is 0 Å². The summed E-state index contributed by atoms with van der Waals surface area (Å²) in [5, 5.41) is 7.21. The zero-order valence-corrected chi connectivity index (χ0v) is 21.5. The van der Waals surface area contributed by atoms with Gasteiger partial charge in [-0.1, -0.05) is 0 Å². The van der Waals surface area contributed by atoms with Crippen molar-refractivity contribution in [2.75, 3.05) is 11.8 Å². The number of fused-ring (bicyclic) bond motifs is 1. The topological polar surface area (TPSA) is 103 Å². The van der Waals surface area contributed by atoms with E-state index in [1.807, 2.05) is 0 Å². The highest BCUT2D eigenvalue weighted by Gasteiger charge is 2.49. The monoisotopic (exact) mass is 566 g/mol. The molecular weight excluding hydrogens is 545 g/mol. The molecule has 1 fully saturated rings. The van der Waals surface area contributed by atoms with Crippen LogP contribution in [0.4, 0.5) is 19.0 Å². The van der Waals surface area contributed by atoms with Gasteiger partial charge in [0, 0.05) is 24.1 Å². The summed E-state index contributed by atoms with van der Waals surface area (Å²) in [4.78, 5) is 12.9. The Morgan fingerprint density at radius 1 is 1.16 bits per heavy atom. The molecule has 1 unspecified atom stereocenters. The number of alkyl halides is 4. The lowest BCUT2D eigenvalue weighted by atomic mass is 9.69. The molecule has 2 aliphatic rings. The molecule has 2 aliphatic carbocycles. The molecule has 200 valence electrons. The Morgan fingerprint density at radius 3 is 2.58 bits per heavy atom. The highest BCUT2D eigenvalue weighted by Crippen LogP contribution is 2.50. The first kappa shape index (κ1) is 26.2. The lowest BCUT2D eigenvalue weighted by Crippen LogP contribution is -2.38. The number of rotatable bonds is 6. The van der Waals surface area contributed by atoms with E-state index in [1.54, 1.807) is 12.1 Å². The van der Waals surface area contributed by atoms with Gasteiger partial charge in [0.1, 0.15) is 5.76 Å². The van der Waals surface area contributed by atoms with Gasteiger partial charge < -0.3 is 4.74 Å². The van der Waals surface area contributed by atoms with Gasteiger partial charge in [0.2, 0.25) is 0 Å². The van der Waals surface area contributed by atoms with Crippen molar-refractivity contribution in [1.82, 2.24) is 14.8 Å². The number of hydrogen-bond acceptors (Lipinski definition) is 6. The number of aromatic nitrogens is 3. The summed E-state index contributed by atoms with van der Waals surface area (Å²) < 4.78 is 74.1. The second-order valence-corrected chi connectivity index (χ2v) is 11.4. The Bertz CT molecular complexity index is 1620. The van der Waals surface area contributed by atoms with Crippen molar-refractivity contribution in [3.8, 4) is 0 Å². The third kappa shape index (κ3) is 4.90. The molecule has 3 aromatic rings. The lowest BCUT2D eigenvalue weighted by molar-refractivity contribution is -0.201. The van der Waals surface area contributed by atoms with Crippen LogP contribution in [0.5, 0.6) is 0 Å². The van der Waals surface area contributed by atoms with Gasteiger partial charge in [0.25, 0.3) is 15.6 Å². The van der Waals surface area contributed by atoms with Crippen molar-refractivity contribution in [2.24, 2.45) is 11.8 Å². The van der Waals surface area contributed by atoms with Crippen LogP contribution in [0.25, 0.3) is 16.6 Å². The number of anilines is 1. The van der Waals surface area contributed by atoms with Crippen molar-refractivity contribution in [1.29, 1.82) is 0 Å². The molecule has 1 atom stereocenters. The van der Waals surface area contributed by atoms with Gasteiger partial charge in [-0.25, -0.2) is 8.42 Å². The fourth-order valence-corrected chi connectivity index (χ4v) is 6.26. The summed E-state index contributed by atoms with van der Waals surface area (Å²) in [6, 6.07) is 10.1. The van der Waals surface area contributed by atoms with Crippen molar-refractivity contribution in [3.05, 3.63) is 76.4 Å². The van der Waals surface area contributed by atoms with Gasteiger partial charge >= 0.3 is 6.18 Å². The van der Waals surface area contributed by atoms with Crippen LogP contribution in [-0.2, 0) is 14.8 Å². The van der Waals surface area contributed by atoms with Gasteiger partial charge in [-0.2, -0.15) is 18.3 Å². The molecule has 5 rings (SSSR count). The Hall–Kier alpha value is -3.38. The first-order valence-electron chi connectivity index (χ1n) is 11.6. The van der Waals surface area contributed by atoms with E-state index in [-0.39, 0.29) is 35.9 Å². The number of hydrogen-bond donors (Lipinski definition) is 1. The fourth-order valence-electron chi connectivity index (χ4n) is 4.84. The number of ether oxygens (including phenoxy) is 1. The summed E-state index contributed by atoms with van der Waals surface area (Å²) in [6.07, 6.45) is -1.10. The average molecular weight is 567 g/mol. The molecule has 1 aromatic carbocycles. The number of nitrogens with zero attached hydrogens (tertiary/aromatic N) is 3. The highest BCUT2D eigenvalue weighted by molar-refractivity contribution is 7.92. The SMILES string of the molecule is COC1=C(n2c(=O)ccc3cc(S(=O)(=O)Nc4cccnn4)ccc32)CC(Cl)C([C@H]2C[C@H](C(F)(F)F)C2)=C1. The fraction of sp³-hybridized carbons (Fsp3) is 0.320. The molecule has 8 nitrogen and oxygen atoms in total. The number of benzene rings is 1. The maximum absolute atomic E-state index is 13.0. The normalized spacial score (nSPS) is 22.1. The lowest BCUT2D eigenvalue weighted by Gasteiger charge is -2.40. The predicted octanol–water partition coefficient (Wildman–Crippen LogP) is 4.93. The third-order valence-corrected chi connectivity index (χ3v) is 8.62. The second kappa shape index (κ2) is 9.73. The Kier molecular flexibility index (Phi) is 6.72. The third-order valence-electron chi connectivity index (χ3n) is 6.87. The molecule has 0 radical (unpaired) electrons. The molecule has 38 heavy (non-hydrogen) atoms. The van der Waals surface area contributed by atoms with E-state index in [2.05, 4.69) is 14.9 Å². The summed E-state index contributed by atoms with van der Waals surface area (Å²) in [5.74, 6) is -1.28. The standard InChI is InChI=1S/C25H22ClF3N4O4S/c1-37-22-12-18(15-9-16(10-15)25(27,28)29)19(26)13-21(22)33-20-6-5-17(11-14(20)4-7-24(33)34)38(35,36)32-23-3-2-8-30-31-23/h2-8,11-12,15-16,19H,9-10,13H2,1H3,(H,31,32)/t15-,16-,19?. The summed E-state index contributed by atoms with van der Waals surface area (Å²) in [5.41, 5.74) is 1.12. The largest absolute Gasteiger partial charge is 0.495 e. The van der Waals surface area contributed by atoms with E-state index < -0.39 is 33.1 Å². The highest BCUT2D eigenvalue weighted by atomic mass is 35.5. The summed E-state index contributed by atoms with van der Waals surface area (Å²) >= 11 is 6.63. The first-order valence-corrected chi connectivity index (χ1v) is 13.6. The van der Waals surface area contributed by atoms with Crippen molar-refractivity contribution >= 4 is 44.0 Å². The molecular formula is C25H22ClF3N4O4S. The minimum atomic E-state index is -4.23. The van der Waals surface area contributed by atoms with E-state index >= 15 is 0 Å². The summed E-state index contributed by atoms with van der Waals surface area (Å²) in [6.45, 7) is 0. The van der Waals surface area contributed by atoms with Crippen LogP contribution in [0.2, 0.25) is 0 Å². The molecule has 0 aliphatic heterocycles. The van der Waals surface area contributed by atoms with E-state index in [9.17, 15) is 26.4 Å². The van der Waals surface area contributed by atoms with Crippen LogP contribution in [0, 0.1) is 11.8 Å². The summed E-state index contributed by atoms with van der Waals surface area (Å²) in [7, 11) is -2.58. The molecule has 0 saturated heterocycles. The van der Waals surface area contributed by atoms with Crippen molar-refractivity contribution in [2.45, 2.75) is 35.7 Å². The Labute approximate surface area is 220 Å². The maximum atomic E-state index is 13.0. The number of halogens is 4. The van der Waals surface area contributed by atoms with E-state index in [4.69, 9.17) is 16.3 Å². The van der Waals surface area contributed by atoms with Gasteiger partial charge in [-0.05, 0) is 66.8 Å². The van der Waals surface area contributed by atoms with E-state index in [1.165, 1.54) is 54.3 Å². The van der Waals surface area contributed by atoms with Crippen LogP contribution < -0.4 is 10.3 Å². The molecule has 0 bridgehead atoms. The van der Waals surface area contributed by atoms with E-state index in [0.717, 1.165) is 0 Å². The van der Waals surface area contributed by atoms with Crippen molar-refractivity contribution in [3.63, 3.8) is 0 Å². The van der Waals surface area contributed by atoms with Crippen LogP contribution >= 0.6 is 11.6 Å². The van der Waals surface area contributed by atoms with Gasteiger partial charge in [0.15, 0.2) is 5.82 Å². The Morgan fingerprint density at radius 2 is 1.92 bits per heavy atom. The quantitative estimate of drug-likeness (QED) is 0.424. The molecule has 1 N–H and O–H groups in total. The van der Waals surface area contributed by atoms with Crippen molar-refractivity contribution < 1.29 is 26.3 Å². The molecule has 1 saturated carbocycles. The molecule has 0 amide bonds. The zero-order valence-electron chi connectivity index (χ0n) is 19.9. The minimum absolute atomic E-state index is 0.0288. The zero-order chi connectivity index (χ0) is 27.2. The van der Waals surface area contributed by atoms with Gasteiger partial charge in [-0.3, -0.25) is 14.1 Å². The number of sulfonamides is 1. The maximum Gasteiger partial charge on any atom is 0.391 e. The number of methoxy groups -OCH3 is 1. The Balaban J connectivity index is 1.52. The van der Waals surface area contributed by atoms with Crippen LogP contribution in [0.15, 0.2) is 75.8 Å². The second-order valence-electron chi connectivity index (χ2n) is 9.18. The first-order chi connectivity index (χ1) is 18.0.